The summed E-state index contributed by atoms with van der Waals surface area (Å²) in [6, 6.07) is 0. The third-order valence-electron chi connectivity index (χ3n) is 0. The van der Waals surface area contributed by atoms with E-state index in [1.165, 1.54) is 0 Å². The summed E-state index contributed by atoms with van der Waals surface area (Å²) in [4.78, 5) is 0. The van der Waals surface area contributed by atoms with Crippen molar-refractivity contribution < 1.29 is 75.5 Å². The van der Waals surface area contributed by atoms with Crippen LogP contribution < -0.4 is 0 Å². The molecule has 0 saturated heterocycles. The van der Waals surface area contributed by atoms with E-state index in [1.54, 1.807) is 0 Å². The molecule has 0 bridgehead atoms. The van der Waals surface area contributed by atoms with Crippen molar-refractivity contribution in [2.45, 2.75) is 167 Å². The van der Waals surface area contributed by atoms with E-state index in [-0.39, 0.29) is 90.3 Å². The first-order valence-electron chi connectivity index (χ1n) is 11.0. The molecule has 0 saturated carbocycles. The molecule has 0 aliphatic rings. The molecule has 28 heavy (non-hydrogen) atoms. The van der Waals surface area contributed by atoms with Gasteiger partial charge >= 0.3 is 0 Å². The normalized spacial score (nSPS) is 5.79. The van der Waals surface area contributed by atoms with E-state index in [0.29, 0.717) is 10.8 Å². The summed E-state index contributed by atoms with van der Waals surface area (Å²) in [5, 5.41) is 0. The van der Waals surface area contributed by atoms with Crippen LogP contribution in [0, 0.1) is 86.3 Å². The van der Waals surface area contributed by atoms with Gasteiger partial charge in [-0.3, -0.25) is 0 Å². The van der Waals surface area contributed by atoms with E-state index in [1.807, 2.05) is 96.9 Å². The zero-order chi connectivity index (χ0) is 23.0. The van der Waals surface area contributed by atoms with E-state index >= 15 is 0 Å². The van der Waals surface area contributed by atoms with Crippen molar-refractivity contribution in [2.24, 2.45) is 10.8 Å². The van der Waals surface area contributed by atoms with Crippen molar-refractivity contribution >= 4 is 0 Å². The zero-order valence-electron chi connectivity index (χ0n) is 23.7. The molecule has 0 aromatic rings. The molecule has 0 atom stereocenters. The van der Waals surface area contributed by atoms with Gasteiger partial charge in [-0.2, -0.15) is 0 Å². The Labute approximate surface area is 250 Å². The van der Waals surface area contributed by atoms with Crippen LogP contribution in [-0.4, -0.2) is 0 Å². The molecule has 0 fully saturated rings. The maximum Gasteiger partial charge on any atom is 0 e. The van der Waals surface area contributed by atoms with Crippen LogP contribution in [0.25, 0.3) is 0 Å². The van der Waals surface area contributed by atoms with Gasteiger partial charge in [-0.1, -0.05) is 167 Å². The van der Waals surface area contributed by atoms with Gasteiger partial charge in [0.1, 0.15) is 0 Å². The molecule has 0 nitrogen and oxygen atoms in total. The minimum absolute atomic E-state index is 0. The molecule has 0 unspecified atom stereocenters. The van der Waals surface area contributed by atoms with Crippen LogP contribution in [0.2, 0.25) is 0 Å². The van der Waals surface area contributed by atoms with Crippen LogP contribution in [-0.2, 0) is 0 Å². The molecule has 194 valence electrons. The molecule has 2 heteroatoms. The van der Waals surface area contributed by atoms with E-state index in [0.717, 1.165) is 0 Å². The summed E-state index contributed by atoms with van der Waals surface area (Å²) in [5.41, 5.74) is 1.00. The summed E-state index contributed by atoms with van der Waals surface area (Å²) >= 11 is 0. The second-order valence-electron chi connectivity index (χ2n) is 6.00. The Balaban J connectivity index is -0.00000000841. The summed E-state index contributed by atoms with van der Waals surface area (Å²) < 4.78 is 0. The standard InChI is InChI=1S/2C5H12.7C2H6.2CH4.2Ar/c2*1-5(2,3)4;7*1-2;;;;/h2*1-4H3;7*1-2H3;2*1H4;;. The quantitative estimate of drug-likeness (QED) is 0.333. The van der Waals surface area contributed by atoms with Crippen molar-refractivity contribution in [3.05, 3.63) is 0 Å². The van der Waals surface area contributed by atoms with Gasteiger partial charge in [0.2, 0.25) is 0 Å². The summed E-state index contributed by atoms with van der Waals surface area (Å²) in [5.74, 6) is 0. The predicted octanol–water partition coefficient (Wildman–Crippen LogP) is 12.6. The Kier molecular flexibility index (Phi) is 352. The maximum atomic E-state index is 2.19. The number of hydrogen-bond acceptors (Lipinski definition) is 0. The van der Waals surface area contributed by atoms with Crippen LogP contribution in [0.1, 0.15) is 167 Å². The summed E-state index contributed by atoms with van der Waals surface area (Å²) in [6.07, 6.45) is 0. The fourth-order valence-electron chi connectivity index (χ4n) is 0. The molecule has 0 rings (SSSR count). The van der Waals surface area contributed by atoms with Crippen LogP contribution in [0.15, 0.2) is 0 Å². The molecule has 0 spiro atoms. The van der Waals surface area contributed by atoms with E-state index in [2.05, 4.69) is 55.4 Å². The van der Waals surface area contributed by atoms with Gasteiger partial charge in [0.15, 0.2) is 0 Å². The predicted molar refractivity (Wildman–Crippen MR) is 143 cm³/mol. The molecule has 0 aliphatic carbocycles. The largest absolute Gasteiger partial charge is 0.0776 e. The van der Waals surface area contributed by atoms with Crippen molar-refractivity contribution in [3.8, 4) is 0 Å². The van der Waals surface area contributed by atoms with Crippen molar-refractivity contribution in [2.75, 3.05) is 0 Å². The Morgan fingerprint density at radius 3 is 0.250 bits per heavy atom. The molecular weight excluding hydrogens is 392 g/mol. The third kappa shape index (κ3) is 3400. The van der Waals surface area contributed by atoms with Gasteiger partial charge in [-0.25, -0.2) is 0 Å². The second kappa shape index (κ2) is 114. The summed E-state index contributed by atoms with van der Waals surface area (Å²) in [6.45, 7) is 45.5. The van der Waals surface area contributed by atoms with E-state index in [9.17, 15) is 0 Å². The second-order valence-corrected chi connectivity index (χ2v) is 6.00. The Morgan fingerprint density at radius 1 is 0.250 bits per heavy atom. The van der Waals surface area contributed by atoms with Crippen molar-refractivity contribution in [1.29, 1.82) is 0 Å². The fraction of sp³-hybridized carbons (Fsp3) is 1.00. The monoisotopic (exact) mass is 467 g/mol. The minimum atomic E-state index is 0. The number of hydrogen-bond donors (Lipinski definition) is 0. The molecule has 0 aromatic carbocycles. The topological polar surface area (TPSA) is 0 Å². The Bertz CT molecular complexity index is 53.4. The first-order valence-corrected chi connectivity index (χ1v) is 11.0. The van der Waals surface area contributed by atoms with Gasteiger partial charge < -0.3 is 0 Å². The van der Waals surface area contributed by atoms with Gasteiger partial charge in [0.25, 0.3) is 0 Å². The van der Waals surface area contributed by atoms with Crippen LogP contribution >= 0.6 is 0 Å². The Morgan fingerprint density at radius 2 is 0.250 bits per heavy atom. The van der Waals surface area contributed by atoms with Crippen LogP contribution in [0.3, 0.4) is 0 Å². The maximum absolute atomic E-state index is 2.19. The molecule has 0 amide bonds. The van der Waals surface area contributed by atoms with Gasteiger partial charge in [-0.05, 0) is 10.8 Å². The van der Waals surface area contributed by atoms with E-state index in [4.69, 9.17) is 0 Å². The van der Waals surface area contributed by atoms with Gasteiger partial charge in [0, 0.05) is 75.5 Å². The molecule has 0 aromatic heterocycles. The summed E-state index contributed by atoms with van der Waals surface area (Å²) in [7, 11) is 0. The van der Waals surface area contributed by atoms with Crippen molar-refractivity contribution in [1.82, 2.24) is 0 Å². The van der Waals surface area contributed by atoms with Crippen molar-refractivity contribution in [3.63, 3.8) is 0 Å². The molecule has 0 aliphatic heterocycles. The fourth-order valence-corrected chi connectivity index (χ4v) is 0. The number of rotatable bonds is 0. The molecular formula is C26H74Ar2. The van der Waals surface area contributed by atoms with Gasteiger partial charge in [-0.15, -0.1) is 0 Å². The van der Waals surface area contributed by atoms with Crippen LogP contribution in [0.5, 0.6) is 0 Å². The third-order valence-corrected chi connectivity index (χ3v) is 0. The minimum Gasteiger partial charge on any atom is -0.0776 e. The first kappa shape index (κ1) is 86.6. The van der Waals surface area contributed by atoms with Gasteiger partial charge in [0.05, 0.1) is 0 Å². The Hall–Kier alpha value is 2.52. The molecule has 0 radical (unpaired) electrons. The average Bonchev–Trinajstić information content (AvgIpc) is 2.57. The van der Waals surface area contributed by atoms with Crippen LogP contribution in [0.4, 0.5) is 0 Å². The van der Waals surface area contributed by atoms with E-state index < -0.39 is 0 Å². The smallest absolute Gasteiger partial charge is 0 e. The zero-order valence-corrected chi connectivity index (χ0v) is 25.1. The molecule has 0 N–H and O–H groups in total. The average molecular weight is 467 g/mol. The first-order chi connectivity index (χ1) is 11.0. The molecule has 0 heterocycles. The SMILES string of the molecule is C.C.CC.CC.CC.CC.CC.CC.CC.CC(C)(C)C.CC(C)(C)C.[Ar].[Ar].